The molecule has 1 heterocycles. The smallest absolute Gasteiger partial charge is 0.238 e. The summed E-state index contributed by atoms with van der Waals surface area (Å²) >= 11 is 0. The molecule has 0 aliphatic carbocycles. The molecule has 1 aromatic carbocycles. The van der Waals surface area contributed by atoms with Gasteiger partial charge in [0.15, 0.2) is 9.84 Å². The number of rotatable bonds is 6. The van der Waals surface area contributed by atoms with Gasteiger partial charge in [-0.25, -0.2) is 8.42 Å². The van der Waals surface area contributed by atoms with Crippen molar-refractivity contribution >= 4 is 21.7 Å². The number of benzene rings is 1. The van der Waals surface area contributed by atoms with Crippen molar-refractivity contribution in [1.29, 1.82) is 0 Å². The van der Waals surface area contributed by atoms with Gasteiger partial charge in [-0.15, -0.1) is 0 Å². The lowest BCUT2D eigenvalue weighted by Crippen LogP contribution is -2.53. The summed E-state index contributed by atoms with van der Waals surface area (Å²) in [7, 11) is -3.09. The van der Waals surface area contributed by atoms with E-state index in [4.69, 9.17) is 0 Å². The van der Waals surface area contributed by atoms with Crippen LogP contribution in [0, 0.1) is 5.41 Å². The normalized spacial score (nSPS) is 19.3. The van der Waals surface area contributed by atoms with E-state index in [1.54, 1.807) is 18.7 Å². The molecule has 6 nitrogen and oxygen atoms in total. The summed E-state index contributed by atoms with van der Waals surface area (Å²) in [4.78, 5) is 27.5. The summed E-state index contributed by atoms with van der Waals surface area (Å²) < 4.78 is 23.2. The lowest BCUT2D eigenvalue weighted by molar-refractivity contribution is -0.150. The zero-order valence-corrected chi connectivity index (χ0v) is 16.7. The van der Waals surface area contributed by atoms with Crippen molar-refractivity contribution in [3.05, 3.63) is 35.9 Å². The zero-order valence-electron chi connectivity index (χ0n) is 15.9. The molecular formula is C19H28N2O4S. The Morgan fingerprint density at radius 1 is 1.23 bits per heavy atom. The molecule has 1 aliphatic heterocycles. The van der Waals surface area contributed by atoms with Crippen LogP contribution in [0.25, 0.3) is 0 Å². The van der Waals surface area contributed by atoms with Gasteiger partial charge in [0.05, 0.1) is 11.5 Å². The van der Waals surface area contributed by atoms with Crippen LogP contribution in [0.3, 0.4) is 0 Å². The fraction of sp³-hybridized carbons (Fsp3) is 0.579. The number of amides is 2. The number of nitrogens with one attached hydrogen (secondary N) is 1. The maximum atomic E-state index is 13.1. The molecule has 1 N–H and O–H groups in total. The fourth-order valence-corrected chi connectivity index (χ4v) is 4.67. The van der Waals surface area contributed by atoms with E-state index in [-0.39, 0.29) is 23.5 Å². The van der Waals surface area contributed by atoms with E-state index < -0.39 is 27.2 Å². The summed E-state index contributed by atoms with van der Waals surface area (Å²) in [5.74, 6) is -0.669. The standard InChI is InChI=1S/C19H28N2O4S/c1-14(2)21(12-15-8-6-5-7-9-15)18(23)19(3,4)17(22)20-16-10-11-26(24,25)13-16/h5-9,14,16H,10-13H2,1-4H3,(H,20,22). The molecule has 0 radical (unpaired) electrons. The van der Waals surface area contributed by atoms with Crippen molar-refractivity contribution in [3.63, 3.8) is 0 Å². The zero-order chi connectivity index (χ0) is 19.5. The molecule has 1 unspecified atom stereocenters. The van der Waals surface area contributed by atoms with E-state index in [0.717, 1.165) is 5.56 Å². The van der Waals surface area contributed by atoms with E-state index in [9.17, 15) is 18.0 Å². The number of sulfone groups is 1. The largest absolute Gasteiger partial charge is 0.351 e. The van der Waals surface area contributed by atoms with Gasteiger partial charge in [0.25, 0.3) is 0 Å². The summed E-state index contributed by atoms with van der Waals surface area (Å²) in [6.45, 7) is 7.44. The van der Waals surface area contributed by atoms with Crippen molar-refractivity contribution in [2.75, 3.05) is 11.5 Å². The van der Waals surface area contributed by atoms with Gasteiger partial charge in [-0.05, 0) is 39.7 Å². The number of carbonyl (C=O) groups is 2. The highest BCUT2D eigenvalue weighted by molar-refractivity contribution is 7.91. The highest BCUT2D eigenvalue weighted by Gasteiger charge is 2.42. The fourth-order valence-electron chi connectivity index (χ4n) is 3.00. The van der Waals surface area contributed by atoms with E-state index in [1.165, 1.54) is 0 Å². The Kier molecular flexibility index (Phi) is 6.11. The molecule has 7 heteroatoms. The average Bonchev–Trinajstić information content (AvgIpc) is 2.91. The minimum atomic E-state index is -3.09. The third kappa shape index (κ3) is 4.84. The van der Waals surface area contributed by atoms with E-state index in [1.807, 2.05) is 44.2 Å². The average molecular weight is 381 g/mol. The van der Waals surface area contributed by atoms with Crippen LogP contribution in [0.1, 0.15) is 39.7 Å². The molecular weight excluding hydrogens is 352 g/mol. The Morgan fingerprint density at radius 2 is 1.85 bits per heavy atom. The van der Waals surface area contributed by atoms with Crippen LogP contribution in [0.5, 0.6) is 0 Å². The highest BCUT2D eigenvalue weighted by Crippen LogP contribution is 2.24. The van der Waals surface area contributed by atoms with Gasteiger partial charge in [-0.1, -0.05) is 30.3 Å². The van der Waals surface area contributed by atoms with Crippen LogP contribution in [-0.2, 0) is 26.0 Å². The first-order chi connectivity index (χ1) is 12.0. The Hall–Kier alpha value is -1.89. The summed E-state index contributed by atoms with van der Waals surface area (Å²) in [5.41, 5.74) is -0.279. The van der Waals surface area contributed by atoms with Gasteiger partial charge in [-0.2, -0.15) is 0 Å². The molecule has 0 spiro atoms. The molecule has 1 fully saturated rings. The minimum Gasteiger partial charge on any atom is -0.351 e. The van der Waals surface area contributed by atoms with Crippen molar-refractivity contribution in [2.45, 2.75) is 52.7 Å². The molecule has 1 saturated heterocycles. The first-order valence-corrected chi connectivity index (χ1v) is 10.7. The summed E-state index contributed by atoms with van der Waals surface area (Å²) in [6, 6.07) is 9.15. The predicted molar refractivity (Wildman–Crippen MR) is 101 cm³/mol. The van der Waals surface area contributed by atoms with Gasteiger partial charge in [-0.3, -0.25) is 9.59 Å². The molecule has 1 aromatic rings. The first kappa shape index (κ1) is 20.4. The van der Waals surface area contributed by atoms with Gasteiger partial charge < -0.3 is 10.2 Å². The molecule has 144 valence electrons. The lowest BCUT2D eigenvalue weighted by atomic mass is 9.89. The van der Waals surface area contributed by atoms with Crippen LogP contribution >= 0.6 is 0 Å². The Labute approximate surface area is 155 Å². The number of nitrogens with zero attached hydrogens (tertiary/aromatic N) is 1. The molecule has 0 aromatic heterocycles. The van der Waals surface area contributed by atoms with Crippen molar-refractivity contribution < 1.29 is 18.0 Å². The Morgan fingerprint density at radius 3 is 2.35 bits per heavy atom. The van der Waals surface area contributed by atoms with Crippen LogP contribution in [0.2, 0.25) is 0 Å². The van der Waals surface area contributed by atoms with Gasteiger partial charge in [0.2, 0.25) is 11.8 Å². The third-order valence-corrected chi connectivity index (χ3v) is 6.52. The van der Waals surface area contributed by atoms with Gasteiger partial charge in [0, 0.05) is 18.6 Å². The molecule has 2 amide bonds. The van der Waals surface area contributed by atoms with E-state index in [0.29, 0.717) is 13.0 Å². The molecule has 1 atom stereocenters. The minimum absolute atomic E-state index is 0.0546. The van der Waals surface area contributed by atoms with Crippen molar-refractivity contribution in [1.82, 2.24) is 10.2 Å². The summed E-state index contributed by atoms with van der Waals surface area (Å²) in [5, 5.41) is 2.75. The highest BCUT2D eigenvalue weighted by atomic mass is 32.2. The summed E-state index contributed by atoms with van der Waals surface area (Å²) in [6.07, 6.45) is 0.399. The van der Waals surface area contributed by atoms with Crippen LogP contribution in [0.15, 0.2) is 30.3 Å². The van der Waals surface area contributed by atoms with Gasteiger partial charge in [0.1, 0.15) is 5.41 Å². The molecule has 26 heavy (non-hydrogen) atoms. The van der Waals surface area contributed by atoms with E-state index in [2.05, 4.69) is 5.32 Å². The second kappa shape index (κ2) is 7.78. The van der Waals surface area contributed by atoms with E-state index >= 15 is 0 Å². The second-order valence-electron chi connectivity index (χ2n) is 7.71. The topological polar surface area (TPSA) is 83.6 Å². The van der Waals surface area contributed by atoms with Crippen LogP contribution in [0.4, 0.5) is 0 Å². The monoisotopic (exact) mass is 380 g/mol. The predicted octanol–water partition coefficient (Wildman–Crippen LogP) is 1.75. The van der Waals surface area contributed by atoms with Crippen molar-refractivity contribution in [2.24, 2.45) is 5.41 Å². The Balaban J connectivity index is 2.11. The molecule has 2 rings (SSSR count). The maximum Gasteiger partial charge on any atom is 0.238 e. The molecule has 1 aliphatic rings. The van der Waals surface area contributed by atoms with Crippen LogP contribution in [-0.4, -0.2) is 48.7 Å². The van der Waals surface area contributed by atoms with Gasteiger partial charge >= 0.3 is 0 Å². The number of carbonyl (C=O) groups excluding carboxylic acids is 2. The molecule has 0 saturated carbocycles. The Bertz CT molecular complexity index is 757. The number of hydrogen-bond acceptors (Lipinski definition) is 4. The molecule has 0 bridgehead atoms. The maximum absolute atomic E-state index is 13.1. The SMILES string of the molecule is CC(C)N(Cc1ccccc1)C(=O)C(C)(C)C(=O)NC1CCS(=O)(=O)C1. The van der Waals surface area contributed by atoms with Crippen molar-refractivity contribution in [3.8, 4) is 0 Å². The quantitative estimate of drug-likeness (QED) is 0.762. The number of hydrogen-bond donors (Lipinski definition) is 1. The second-order valence-corrected chi connectivity index (χ2v) is 9.94. The third-order valence-electron chi connectivity index (χ3n) is 4.75. The first-order valence-electron chi connectivity index (χ1n) is 8.89. The van der Waals surface area contributed by atoms with Crippen LogP contribution < -0.4 is 5.32 Å². The lowest BCUT2D eigenvalue weighted by Gasteiger charge is -2.34.